The number of aldehydes is 1. The molecule has 3 nitrogen and oxygen atoms in total. The summed E-state index contributed by atoms with van der Waals surface area (Å²) in [6, 6.07) is 8.76. The van der Waals surface area contributed by atoms with Gasteiger partial charge in [-0.25, -0.2) is 4.98 Å². The van der Waals surface area contributed by atoms with Crippen molar-refractivity contribution < 1.29 is 9.53 Å². The fourth-order valence-electron chi connectivity index (χ4n) is 1.56. The quantitative estimate of drug-likeness (QED) is 0.798. The molecule has 0 spiro atoms. The predicted octanol–water partition coefficient (Wildman–Crippen LogP) is 4.09. The Morgan fingerprint density at radius 3 is 2.68 bits per heavy atom. The first kappa shape index (κ1) is 13.8. The summed E-state index contributed by atoms with van der Waals surface area (Å²) in [7, 11) is 0. The molecule has 1 heterocycles. The van der Waals surface area contributed by atoms with Gasteiger partial charge in [0.05, 0.1) is 10.0 Å². The Balaban J connectivity index is 2.14. The van der Waals surface area contributed by atoms with Gasteiger partial charge >= 0.3 is 0 Å². The number of nitrogens with zero attached hydrogens (tertiary/aromatic N) is 1. The maximum absolute atomic E-state index is 10.9. The minimum absolute atomic E-state index is 0.292. The maximum atomic E-state index is 10.9. The third-order valence-electron chi connectivity index (χ3n) is 2.52. The zero-order chi connectivity index (χ0) is 13.8. The van der Waals surface area contributed by atoms with E-state index in [-0.39, 0.29) is 0 Å². The molecule has 0 saturated carbocycles. The van der Waals surface area contributed by atoms with Gasteiger partial charge in [-0.3, -0.25) is 4.79 Å². The van der Waals surface area contributed by atoms with Crippen LogP contribution in [0, 0.1) is 6.92 Å². The van der Waals surface area contributed by atoms with E-state index < -0.39 is 0 Å². The minimum atomic E-state index is 0.292. The van der Waals surface area contributed by atoms with E-state index in [4.69, 9.17) is 27.9 Å². The van der Waals surface area contributed by atoms with E-state index in [1.54, 1.807) is 24.3 Å². The molecule has 0 amide bonds. The van der Waals surface area contributed by atoms with Gasteiger partial charge in [0.15, 0.2) is 6.29 Å². The molecule has 2 rings (SSSR count). The summed E-state index contributed by atoms with van der Waals surface area (Å²) in [5.41, 5.74) is 1.93. The van der Waals surface area contributed by atoms with E-state index in [9.17, 15) is 4.79 Å². The van der Waals surface area contributed by atoms with Crippen molar-refractivity contribution in [1.29, 1.82) is 0 Å². The first-order valence-corrected chi connectivity index (χ1v) is 6.35. The van der Waals surface area contributed by atoms with E-state index in [1.165, 1.54) is 0 Å². The van der Waals surface area contributed by atoms with Crippen molar-refractivity contribution in [2.45, 2.75) is 13.5 Å². The Morgan fingerprint density at radius 2 is 2.00 bits per heavy atom. The van der Waals surface area contributed by atoms with E-state index in [0.717, 1.165) is 11.3 Å². The summed E-state index contributed by atoms with van der Waals surface area (Å²) in [5, 5.41) is 0.969. The first-order chi connectivity index (χ1) is 9.10. The molecule has 0 fully saturated rings. The molecule has 0 saturated heterocycles. The van der Waals surface area contributed by atoms with Gasteiger partial charge in [0, 0.05) is 5.69 Å². The van der Waals surface area contributed by atoms with Crippen LogP contribution < -0.4 is 4.74 Å². The number of hydrogen-bond acceptors (Lipinski definition) is 3. The topological polar surface area (TPSA) is 39.2 Å². The number of pyridine rings is 1. The van der Waals surface area contributed by atoms with Crippen LogP contribution in [-0.4, -0.2) is 11.3 Å². The molecular formula is C14H11Cl2NO2. The van der Waals surface area contributed by atoms with Gasteiger partial charge < -0.3 is 4.74 Å². The number of hydrogen-bond donors (Lipinski definition) is 0. The summed E-state index contributed by atoms with van der Waals surface area (Å²) in [4.78, 5) is 15.0. The summed E-state index contributed by atoms with van der Waals surface area (Å²) in [6.45, 7) is 2.11. The SMILES string of the molecule is Cc1ccc(OCc2ccc(Cl)c(Cl)c2)c(C=O)n1. The molecule has 0 unspecified atom stereocenters. The highest BCUT2D eigenvalue weighted by atomic mass is 35.5. The van der Waals surface area contributed by atoms with E-state index in [2.05, 4.69) is 4.98 Å². The molecule has 0 bridgehead atoms. The Labute approximate surface area is 121 Å². The van der Waals surface area contributed by atoms with Crippen molar-refractivity contribution in [3.05, 3.63) is 57.3 Å². The van der Waals surface area contributed by atoms with Crippen LogP contribution in [0.5, 0.6) is 5.75 Å². The Bertz CT molecular complexity index is 614. The highest BCUT2D eigenvalue weighted by Crippen LogP contribution is 2.24. The fraction of sp³-hybridized carbons (Fsp3) is 0.143. The van der Waals surface area contributed by atoms with Gasteiger partial charge in [0.2, 0.25) is 0 Å². The molecule has 2 aromatic rings. The average Bonchev–Trinajstić information content (AvgIpc) is 2.41. The Morgan fingerprint density at radius 1 is 1.21 bits per heavy atom. The molecule has 1 aromatic heterocycles. The van der Waals surface area contributed by atoms with Gasteiger partial charge in [0.25, 0.3) is 0 Å². The number of rotatable bonds is 4. The van der Waals surface area contributed by atoms with Gasteiger partial charge in [-0.1, -0.05) is 29.3 Å². The van der Waals surface area contributed by atoms with Crippen molar-refractivity contribution >= 4 is 29.5 Å². The van der Waals surface area contributed by atoms with Crippen LogP contribution in [0.4, 0.5) is 0 Å². The zero-order valence-electron chi connectivity index (χ0n) is 10.2. The lowest BCUT2D eigenvalue weighted by Gasteiger charge is -2.09. The number of benzene rings is 1. The highest BCUT2D eigenvalue weighted by molar-refractivity contribution is 6.42. The van der Waals surface area contributed by atoms with Crippen LogP contribution in [0.2, 0.25) is 10.0 Å². The molecule has 0 radical (unpaired) electrons. The first-order valence-electron chi connectivity index (χ1n) is 5.59. The molecule has 0 N–H and O–H groups in total. The summed E-state index contributed by atoms with van der Waals surface area (Å²) < 4.78 is 5.57. The van der Waals surface area contributed by atoms with E-state index in [1.807, 2.05) is 13.0 Å². The molecule has 98 valence electrons. The number of ether oxygens (including phenoxy) is 1. The smallest absolute Gasteiger partial charge is 0.172 e. The lowest BCUT2D eigenvalue weighted by Crippen LogP contribution is -2.00. The standard InChI is InChI=1S/C14H11Cl2NO2/c1-9-2-5-14(13(7-18)17-9)19-8-10-3-4-11(15)12(16)6-10/h2-7H,8H2,1H3. The van der Waals surface area contributed by atoms with Gasteiger partial charge in [0.1, 0.15) is 18.1 Å². The van der Waals surface area contributed by atoms with Crippen molar-refractivity contribution in [3.63, 3.8) is 0 Å². The number of carbonyl (C=O) groups excluding carboxylic acids is 1. The average molecular weight is 296 g/mol. The van der Waals surface area contributed by atoms with Crippen LogP contribution in [0.3, 0.4) is 0 Å². The third-order valence-corrected chi connectivity index (χ3v) is 3.25. The fourth-order valence-corrected chi connectivity index (χ4v) is 1.88. The number of carbonyl (C=O) groups is 1. The van der Waals surface area contributed by atoms with Crippen molar-refractivity contribution in [3.8, 4) is 5.75 Å². The second-order valence-corrected chi connectivity index (χ2v) is 4.81. The summed E-state index contributed by atoms with van der Waals surface area (Å²) in [5.74, 6) is 0.451. The van der Waals surface area contributed by atoms with Crippen LogP contribution in [-0.2, 0) is 6.61 Å². The van der Waals surface area contributed by atoms with Gasteiger partial charge in [-0.05, 0) is 36.8 Å². The molecular weight excluding hydrogens is 285 g/mol. The van der Waals surface area contributed by atoms with Crippen LogP contribution in [0.1, 0.15) is 21.7 Å². The molecule has 0 atom stereocenters. The normalized spacial score (nSPS) is 10.3. The largest absolute Gasteiger partial charge is 0.487 e. The van der Waals surface area contributed by atoms with Crippen molar-refractivity contribution in [1.82, 2.24) is 4.98 Å². The lowest BCUT2D eigenvalue weighted by molar-refractivity contribution is 0.111. The predicted molar refractivity (Wildman–Crippen MR) is 75.2 cm³/mol. The Kier molecular flexibility index (Phi) is 4.40. The zero-order valence-corrected chi connectivity index (χ0v) is 11.7. The lowest BCUT2D eigenvalue weighted by atomic mass is 10.2. The molecule has 5 heteroatoms. The number of aryl methyl sites for hydroxylation is 1. The van der Waals surface area contributed by atoms with Crippen LogP contribution in [0.15, 0.2) is 30.3 Å². The second kappa shape index (κ2) is 6.04. The van der Waals surface area contributed by atoms with E-state index in [0.29, 0.717) is 34.4 Å². The van der Waals surface area contributed by atoms with Gasteiger partial charge in [-0.15, -0.1) is 0 Å². The van der Waals surface area contributed by atoms with E-state index >= 15 is 0 Å². The maximum Gasteiger partial charge on any atom is 0.172 e. The monoisotopic (exact) mass is 295 g/mol. The number of aromatic nitrogens is 1. The molecule has 1 aromatic carbocycles. The Hall–Kier alpha value is -1.58. The number of halogens is 2. The molecule has 19 heavy (non-hydrogen) atoms. The second-order valence-electron chi connectivity index (χ2n) is 3.99. The van der Waals surface area contributed by atoms with Crippen molar-refractivity contribution in [2.75, 3.05) is 0 Å². The molecule has 0 aliphatic heterocycles. The van der Waals surface area contributed by atoms with Crippen LogP contribution in [0.25, 0.3) is 0 Å². The van der Waals surface area contributed by atoms with Crippen LogP contribution >= 0.6 is 23.2 Å². The highest BCUT2D eigenvalue weighted by Gasteiger charge is 2.06. The van der Waals surface area contributed by atoms with Gasteiger partial charge in [-0.2, -0.15) is 0 Å². The minimum Gasteiger partial charge on any atom is -0.487 e. The summed E-state index contributed by atoms with van der Waals surface area (Å²) >= 11 is 11.8. The molecule has 0 aliphatic rings. The summed E-state index contributed by atoms with van der Waals surface area (Å²) in [6.07, 6.45) is 0.678. The molecule has 0 aliphatic carbocycles. The van der Waals surface area contributed by atoms with Crippen molar-refractivity contribution in [2.24, 2.45) is 0 Å². The third kappa shape index (κ3) is 3.46.